The number of pyridine rings is 1. The summed E-state index contributed by atoms with van der Waals surface area (Å²) in [7, 11) is 0. The number of carbonyl (C=O) groups excluding carboxylic acids is 1. The summed E-state index contributed by atoms with van der Waals surface area (Å²) in [6.45, 7) is 6.30. The molecular formula is C17H21N5O2. The van der Waals surface area contributed by atoms with Crippen LogP contribution in [0.1, 0.15) is 23.0 Å². The van der Waals surface area contributed by atoms with Crippen molar-refractivity contribution in [2.24, 2.45) is 0 Å². The topological polar surface area (TPSA) is 71.5 Å². The van der Waals surface area contributed by atoms with E-state index in [9.17, 15) is 4.79 Å². The Balaban J connectivity index is 1.56. The minimum atomic E-state index is -0.0700. The summed E-state index contributed by atoms with van der Waals surface area (Å²) < 4.78 is 5.33. The second-order valence-corrected chi connectivity index (χ2v) is 5.60. The first-order valence-electron chi connectivity index (χ1n) is 8.11. The van der Waals surface area contributed by atoms with Crippen molar-refractivity contribution in [1.82, 2.24) is 24.8 Å². The molecule has 0 N–H and O–H groups in total. The number of ether oxygens (including phenoxy) is 1. The zero-order valence-electron chi connectivity index (χ0n) is 13.8. The first kappa shape index (κ1) is 16.3. The molecule has 1 saturated heterocycles. The summed E-state index contributed by atoms with van der Waals surface area (Å²) in [5, 5.41) is 0. The number of carbonyl (C=O) groups is 1. The molecule has 126 valence electrons. The minimum absolute atomic E-state index is 0.0700. The van der Waals surface area contributed by atoms with Gasteiger partial charge in [0.1, 0.15) is 12.0 Å². The second kappa shape index (κ2) is 7.83. The maximum absolute atomic E-state index is 12.6. The minimum Gasteiger partial charge on any atom is -0.478 e. The van der Waals surface area contributed by atoms with Crippen molar-refractivity contribution < 1.29 is 9.53 Å². The van der Waals surface area contributed by atoms with Crippen LogP contribution in [0.2, 0.25) is 0 Å². The van der Waals surface area contributed by atoms with Crippen LogP contribution >= 0.6 is 0 Å². The highest BCUT2D eigenvalue weighted by molar-refractivity contribution is 5.92. The third kappa shape index (κ3) is 4.05. The Bertz CT molecular complexity index is 672. The fourth-order valence-electron chi connectivity index (χ4n) is 2.70. The van der Waals surface area contributed by atoms with Gasteiger partial charge in [0, 0.05) is 51.2 Å². The van der Waals surface area contributed by atoms with Gasteiger partial charge >= 0.3 is 0 Å². The smallest absolute Gasteiger partial charge is 0.272 e. The molecule has 24 heavy (non-hydrogen) atoms. The van der Waals surface area contributed by atoms with Crippen LogP contribution in [0.3, 0.4) is 0 Å². The lowest BCUT2D eigenvalue weighted by Crippen LogP contribution is -2.48. The maximum Gasteiger partial charge on any atom is 0.272 e. The highest BCUT2D eigenvalue weighted by Crippen LogP contribution is 2.12. The van der Waals surface area contributed by atoms with Crippen molar-refractivity contribution in [2.45, 2.75) is 13.5 Å². The van der Waals surface area contributed by atoms with Crippen molar-refractivity contribution >= 4 is 5.91 Å². The Morgan fingerprint density at radius 2 is 2.08 bits per heavy atom. The molecule has 1 amide bonds. The average molecular weight is 327 g/mol. The zero-order valence-corrected chi connectivity index (χ0v) is 13.8. The van der Waals surface area contributed by atoms with Gasteiger partial charge in [0.05, 0.1) is 6.61 Å². The van der Waals surface area contributed by atoms with Gasteiger partial charge in [-0.1, -0.05) is 6.07 Å². The van der Waals surface area contributed by atoms with Crippen LogP contribution < -0.4 is 4.74 Å². The van der Waals surface area contributed by atoms with Gasteiger partial charge in [0.25, 0.3) is 5.91 Å². The van der Waals surface area contributed by atoms with E-state index in [4.69, 9.17) is 4.74 Å². The zero-order chi connectivity index (χ0) is 16.8. The molecule has 1 aliphatic rings. The van der Waals surface area contributed by atoms with E-state index in [1.807, 2.05) is 24.1 Å². The molecule has 0 unspecified atom stereocenters. The predicted molar refractivity (Wildman–Crippen MR) is 88.6 cm³/mol. The summed E-state index contributed by atoms with van der Waals surface area (Å²) in [5.74, 6) is 0.366. The summed E-state index contributed by atoms with van der Waals surface area (Å²) in [6, 6.07) is 5.62. The number of hydrogen-bond acceptors (Lipinski definition) is 6. The molecule has 1 aliphatic heterocycles. The SMILES string of the molecule is CCOc1cc(C(=O)N2CCN(Cc3cccnc3)CC2)ncn1. The van der Waals surface area contributed by atoms with Gasteiger partial charge in [0.2, 0.25) is 5.88 Å². The van der Waals surface area contributed by atoms with Gasteiger partial charge in [-0.3, -0.25) is 14.7 Å². The number of amides is 1. The third-order valence-electron chi connectivity index (χ3n) is 3.94. The summed E-state index contributed by atoms with van der Waals surface area (Å²) >= 11 is 0. The molecule has 0 radical (unpaired) electrons. The van der Waals surface area contributed by atoms with E-state index in [0.29, 0.717) is 31.3 Å². The molecule has 0 aliphatic carbocycles. The van der Waals surface area contributed by atoms with E-state index >= 15 is 0 Å². The Morgan fingerprint density at radius 1 is 1.25 bits per heavy atom. The molecule has 0 spiro atoms. The van der Waals surface area contributed by atoms with Gasteiger partial charge < -0.3 is 9.64 Å². The largest absolute Gasteiger partial charge is 0.478 e. The predicted octanol–water partition coefficient (Wildman–Crippen LogP) is 1.23. The number of piperazine rings is 1. The van der Waals surface area contributed by atoms with Gasteiger partial charge in [-0.25, -0.2) is 9.97 Å². The third-order valence-corrected chi connectivity index (χ3v) is 3.94. The van der Waals surface area contributed by atoms with Gasteiger partial charge in [-0.15, -0.1) is 0 Å². The molecule has 3 rings (SSSR count). The lowest BCUT2D eigenvalue weighted by atomic mass is 10.2. The lowest BCUT2D eigenvalue weighted by Gasteiger charge is -2.34. The molecule has 0 bridgehead atoms. The summed E-state index contributed by atoms with van der Waals surface area (Å²) in [6.07, 6.45) is 5.03. The lowest BCUT2D eigenvalue weighted by molar-refractivity contribution is 0.0621. The van der Waals surface area contributed by atoms with E-state index in [0.717, 1.165) is 19.6 Å². The van der Waals surface area contributed by atoms with E-state index in [2.05, 4.69) is 25.9 Å². The molecule has 0 saturated carbocycles. The second-order valence-electron chi connectivity index (χ2n) is 5.60. The van der Waals surface area contributed by atoms with Crippen molar-refractivity contribution in [3.8, 4) is 5.88 Å². The van der Waals surface area contributed by atoms with Gasteiger partial charge in [-0.2, -0.15) is 0 Å². The van der Waals surface area contributed by atoms with Crippen LogP contribution in [-0.2, 0) is 6.54 Å². The molecule has 0 aromatic carbocycles. The fourth-order valence-corrected chi connectivity index (χ4v) is 2.70. The Labute approximate surface area is 141 Å². The Morgan fingerprint density at radius 3 is 2.79 bits per heavy atom. The van der Waals surface area contributed by atoms with Gasteiger partial charge in [0.15, 0.2) is 0 Å². The molecule has 2 aromatic heterocycles. The van der Waals surface area contributed by atoms with E-state index in [1.54, 1.807) is 12.3 Å². The van der Waals surface area contributed by atoms with Crippen LogP contribution in [0.15, 0.2) is 36.9 Å². The molecule has 7 nitrogen and oxygen atoms in total. The highest BCUT2D eigenvalue weighted by atomic mass is 16.5. The number of aromatic nitrogens is 3. The Kier molecular flexibility index (Phi) is 5.32. The number of rotatable bonds is 5. The quantitative estimate of drug-likeness (QED) is 0.822. The average Bonchev–Trinajstić information content (AvgIpc) is 2.63. The first-order valence-corrected chi connectivity index (χ1v) is 8.11. The van der Waals surface area contributed by atoms with E-state index < -0.39 is 0 Å². The number of nitrogens with zero attached hydrogens (tertiary/aromatic N) is 5. The molecule has 2 aromatic rings. The monoisotopic (exact) mass is 327 g/mol. The molecular weight excluding hydrogens is 306 g/mol. The highest BCUT2D eigenvalue weighted by Gasteiger charge is 2.23. The van der Waals surface area contributed by atoms with Crippen LogP contribution in [0.4, 0.5) is 0 Å². The van der Waals surface area contributed by atoms with Crippen LogP contribution in [0, 0.1) is 0 Å². The fraction of sp³-hybridized carbons (Fsp3) is 0.412. The van der Waals surface area contributed by atoms with Gasteiger partial charge in [-0.05, 0) is 18.6 Å². The molecule has 3 heterocycles. The summed E-state index contributed by atoms with van der Waals surface area (Å²) in [4.78, 5) is 28.9. The van der Waals surface area contributed by atoms with E-state index in [-0.39, 0.29) is 5.91 Å². The van der Waals surface area contributed by atoms with E-state index in [1.165, 1.54) is 11.9 Å². The van der Waals surface area contributed by atoms with Crippen LogP contribution in [0.5, 0.6) is 5.88 Å². The van der Waals surface area contributed by atoms with Crippen molar-refractivity contribution in [2.75, 3.05) is 32.8 Å². The first-order chi connectivity index (χ1) is 11.8. The standard InChI is InChI=1S/C17H21N5O2/c1-2-24-16-10-15(19-13-20-16)17(23)22-8-6-21(7-9-22)12-14-4-3-5-18-11-14/h3-5,10-11,13H,2,6-9,12H2,1H3. The summed E-state index contributed by atoms with van der Waals surface area (Å²) in [5.41, 5.74) is 1.57. The maximum atomic E-state index is 12.6. The molecule has 1 fully saturated rings. The Hall–Kier alpha value is -2.54. The van der Waals surface area contributed by atoms with Crippen LogP contribution in [0.25, 0.3) is 0 Å². The van der Waals surface area contributed by atoms with Crippen LogP contribution in [-0.4, -0.2) is 63.4 Å². The van der Waals surface area contributed by atoms with Crippen molar-refractivity contribution in [3.63, 3.8) is 0 Å². The molecule has 0 atom stereocenters. The number of hydrogen-bond donors (Lipinski definition) is 0. The van der Waals surface area contributed by atoms with Crippen molar-refractivity contribution in [3.05, 3.63) is 48.2 Å². The molecule has 7 heteroatoms. The normalized spacial score (nSPS) is 15.3. The van der Waals surface area contributed by atoms with Crippen molar-refractivity contribution in [1.29, 1.82) is 0 Å².